The summed E-state index contributed by atoms with van der Waals surface area (Å²) in [6, 6.07) is 0.407. The minimum atomic E-state index is -0.526. The van der Waals surface area contributed by atoms with Crippen LogP contribution in [-0.4, -0.2) is 83.7 Å². The second-order valence-corrected chi connectivity index (χ2v) is 9.86. The third kappa shape index (κ3) is 6.76. The quantitative estimate of drug-likeness (QED) is 0.468. The highest BCUT2D eigenvalue weighted by atomic mass is 32.2. The predicted molar refractivity (Wildman–Crippen MR) is 110 cm³/mol. The lowest BCUT2D eigenvalue weighted by atomic mass is 10.0. The second kappa shape index (κ2) is 9.71. The molecule has 0 aliphatic carbocycles. The summed E-state index contributed by atoms with van der Waals surface area (Å²) < 4.78 is 5.31. The van der Waals surface area contributed by atoms with Gasteiger partial charge in [-0.15, -0.1) is 0 Å². The highest BCUT2D eigenvalue weighted by molar-refractivity contribution is 8.00. The molecule has 3 atom stereocenters. The Morgan fingerprint density at radius 2 is 1.82 bits per heavy atom. The molecule has 160 valence electrons. The molecule has 0 radical (unpaired) electrons. The second-order valence-electron chi connectivity index (χ2n) is 8.58. The summed E-state index contributed by atoms with van der Waals surface area (Å²) in [5.74, 6) is 1.05. The van der Waals surface area contributed by atoms with Crippen LogP contribution in [0.25, 0.3) is 0 Å². The molecule has 0 bridgehead atoms. The fourth-order valence-electron chi connectivity index (χ4n) is 3.31. The predicted octanol–water partition coefficient (Wildman–Crippen LogP) is 2.04. The molecule has 0 spiro atoms. The molecule has 2 saturated heterocycles. The first-order chi connectivity index (χ1) is 13.1. The van der Waals surface area contributed by atoms with Crippen LogP contribution in [-0.2, 0) is 9.53 Å². The molecule has 4 amide bonds. The number of hydrogen-bond donors (Lipinski definition) is 2. The smallest absolute Gasteiger partial charge is 0.410 e. The van der Waals surface area contributed by atoms with Gasteiger partial charge >= 0.3 is 12.1 Å². The standard InChI is InChI=1S/C19H34N4O4S/c1-19(2,3)27-18(26)23(5)11-10-22(4)15(24)9-7-6-8-14-16-13(12-28-14)20-17(25)21-16/h13-14,16H,6-12H2,1-5H3,(H2,20,21,25)/t13-,14-,16-/m0/s1. The van der Waals surface area contributed by atoms with Crippen LogP contribution in [0.4, 0.5) is 9.59 Å². The lowest BCUT2D eigenvalue weighted by Crippen LogP contribution is -2.39. The van der Waals surface area contributed by atoms with E-state index in [4.69, 9.17) is 4.74 Å². The highest BCUT2D eigenvalue weighted by Gasteiger charge is 2.42. The Morgan fingerprint density at radius 1 is 1.14 bits per heavy atom. The van der Waals surface area contributed by atoms with Gasteiger partial charge in [0.2, 0.25) is 5.91 Å². The minimum absolute atomic E-state index is 0.0616. The van der Waals surface area contributed by atoms with Crippen LogP contribution in [0.2, 0.25) is 0 Å². The Morgan fingerprint density at radius 3 is 2.50 bits per heavy atom. The molecular formula is C19H34N4O4S. The van der Waals surface area contributed by atoms with Crippen molar-refractivity contribution < 1.29 is 19.1 Å². The molecule has 0 aromatic heterocycles. The Bertz CT molecular complexity index is 581. The molecule has 2 aliphatic rings. The summed E-state index contributed by atoms with van der Waals surface area (Å²) in [5, 5.41) is 6.37. The first-order valence-corrected chi connectivity index (χ1v) is 11.0. The molecule has 0 aromatic rings. The van der Waals surface area contributed by atoms with Crippen LogP contribution >= 0.6 is 11.8 Å². The number of unbranched alkanes of at least 4 members (excludes halogenated alkanes) is 1. The fourth-order valence-corrected chi connectivity index (χ4v) is 4.86. The number of urea groups is 1. The van der Waals surface area contributed by atoms with Crippen LogP contribution in [0.15, 0.2) is 0 Å². The van der Waals surface area contributed by atoms with Crippen molar-refractivity contribution in [3.8, 4) is 0 Å². The molecule has 9 heteroatoms. The lowest BCUT2D eigenvalue weighted by molar-refractivity contribution is -0.130. The van der Waals surface area contributed by atoms with Crippen molar-refractivity contribution in [3.63, 3.8) is 0 Å². The molecule has 8 nitrogen and oxygen atoms in total. The Labute approximate surface area is 172 Å². The van der Waals surface area contributed by atoms with Gasteiger partial charge in [0.25, 0.3) is 0 Å². The Balaban J connectivity index is 1.59. The maximum Gasteiger partial charge on any atom is 0.410 e. The zero-order valence-electron chi connectivity index (χ0n) is 17.6. The van der Waals surface area contributed by atoms with E-state index in [1.807, 2.05) is 32.5 Å². The molecule has 0 aromatic carbocycles. The van der Waals surface area contributed by atoms with Gasteiger partial charge in [0.1, 0.15) is 5.60 Å². The van der Waals surface area contributed by atoms with E-state index in [0.29, 0.717) is 24.8 Å². The van der Waals surface area contributed by atoms with Crippen molar-refractivity contribution in [3.05, 3.63) is 0 Å². The van der Waals surface area contributed by atoms with Gasteiger partial charge in [0.15, 0.2) is 0 Å². The molecular weight excluding hydrogens is 380 g/mol. The molecule has 0 unspecified atom stereocenters. The number of carbonyl (C=O) groups excluding carboxylic acids is 3. The summed E-state index contributed by atoms with van der Waals surface area (Å²) >= 11 is 1.90. The van der Waals surface area contributed by atoms with Gasteiger partial charge in [0.05, 0.1) is 12.1 Å². The number of carbonyl (C=O) groups is 3. The zero-order valence-corrected chi connectivity index (χ0v) is 18.4. The van der Waals surface area contributed by atoms with E-state index >= 15 is 0 Å². The summed E-state index contributed by atoms with van der Waals surface area (Å²) in [7, 11) is 3.44. The average molecular weight is 415 g/mol. The van der Waals surface area contributed by atoms with Gasteiger partial charge in [0, 0.05) is 44.6 Å². The van der Waals surface area contributed by atoms with Crippen molar-refractivity contribution in [1.82, 2.24) is 20.4 Å². The van der Waals surface area contributed by atoms with Crippen LogP contribution in [0.1, 0.15) is 46.5 Å². The van der Waals surface area contributed by atoms with E-state index in [0.717, 1.165) is 25.0 Å². The number of ether oxygens (including phenoxy) is 1. The maximum atomic E-state index is 12.3. The molecule has 2 rings (SSSR count). The van der Waals surface area contributed by atoms with Gasteiger partial charge in [-0.1, -0.05) is 6.42 Å². The van der Waals surface area contributed by atoms with Gasteiger partial charge < -0.3 is 25.2 Å². The lowest BCUT2D eigenvalue weighted by Gasteiger charge is -2.26. The van der Waals surface area contributed by atoms with E-state index in [1.54, 1.807) is 19.0 Å². The molecule has 2 aliphatic heterocycles. The summed E-state index contributed by atoms with van der Waals surface area (Å²) in [4.78, 5) is 38.8. The molecule has 28 heavy (non-hydrogen) atoms. The van der Waals surface area contributed by atoms with E-state index < -0.39 is 5.60 Å². The number of fused-ring (bicyclic) bond motifs is 1. The fraction of sp³-hybridized carbons (Fsp3) is 0.842. The van der Waals surface area contributed by atoms with Crippen LogP contribution in [0.5, 0.6) is 0 Å². The first kappa shape index (κ1) is 22.6. The van der Waals surface area contributed by atoms with Gasteiger partial charge in [-0.25, -0.2) is 9.59 Å². The van der Waals surface area contributed by atoms with Crippen molar-refractivity contribution in [2.24, 2.45) is 0 Å². The van der Waals surface area contributed by atoms with Crippen LogP contribution in [0.3, 0.4) is 0 Å². The van der Waals surface area contributed by atoms with Crippen molar-refractivity contribution >= 4 is 29.8 Å². The number of amides is 4. The Hall–Kier alpha value is -1.64. The van der Waals surface area contributed by atoms with Gasteiger partial charge in [-0.05, 0) is 33.6 Å². The summed E-state index contributed by atoms with van der Waals surface area (Å²) in [6.07, 6.45) is 2.93. The number of nitrogens with one attached hydrogen (secondary N) is 2. The third-order valence-corrected chi connectivity index (χ3v) is 6.48. The van der Waals surface area contributed by atoms with Crippen LogP contribution < -0.4 is 10.6 Å². The number of nitrogens with zero attached hydrogens (tertiary/aromatic N) is 2. The molecule has 0 saturated carbocycles. The molecule has 2 fully saturated rings. The van der Waals surface area contributed by atoms with E-state index in [9.17, 15) is 14.4 Å². The van der Waals surface area contributed by atoms with E-state index in [-0.39, 0.29) is 30.1 Å². The number of rotatable bonds is 8. The monoisotopic (exact) mass is 414 g/mol. The minimum Gasteiger partial charge on any atom is -0.444 e. The normalized spacial score (nSPS) is 23.6. The van der Waals surface area contributed by atoms with Crippen molar-refractivity contribution in [2.45, 2.75) is 69.4 Å². The largest absolute Gasteiger partial charge is 0.444 e. The topological polar surface area (TPSA) is 91.0 Å². The van der Waals surface area contributed by atoms with E-state index in [2.05, 4.69) is 10.6 Å². The average Bonchev–Trinajstić information content (AvgIpc) is 3.13. The van der Waals surface area contributed by atoms with Crippen molar-refractivity contribution in [2.75, 3.05) is 32.9 Å². The van der Waals surface area contributed by atoms with E-state index in [1.165, 1.54) is 4.90 Å². The first-order valence-electron chi connectivity index (χ1n) is 9.93. The Kier molecular flexibility index (Phi) is 7.86. The zero-order chi connectivity index (χ0) is 20.9. The summed E-state index contributed by atoms with van der Waals surface area (Å²) in [5.41, 5.74) is -0.526. The number of thioether (sulfide) groups is 1. The van der Waals surface area contributed by atoms with Gasteiger partial charge in [-0.3, -0.25) is 4.79 Å². The van der Waals surface area contributed by atoms with Crippen molar-refractivity contribution in [1.29, 1.82) is 0 Å². The van der Waals surface area contributed by atoms with Crippen LogP contribution in [0, 0.1) is 0 Å². The number of hydrogen-bond acceptors (Lipinski definition) is 5. The maximum absolute atomic E-state index is 12.3. The third-order valence-electron chi connectivity index (χ3n) is 4.97. The number of likely N-dealkylation sites (N-methyl/N-ethyl adjacent to an activating group) is 2. The highest BCUT2D eigenvalue weighted by Crippen LogP contribution is 2.33. The summed E-state index contributed by atoms with van der Waals surface area (Å²) in [6.45, 7) is 6.40. The molecule has 2 heterocycles. The van der Waals surface area contributed by atoms with Gasteiger partial charge in [-0.2, -0.15) is 11.8 Å². The SMILES string of the molecule is CN(CCN(C)C(=O)OC(C)(C)C)C(=O)CCCC[C@@H]1SC[C@@H]2NC(=O)N[C@@H]21. The molecule has 2 N–H and O–H groups in total.